The molecular formula is C23H17ClN2O4. The molecular weight excluding hydrogens is 404 g/mol. The number of phenolic OH excluding ortho intramolecular Hbond substituents is 1. The topological polar surface area (TPSA) is 70.1 Å². The fourth-order valence-corrected chi connectivity index (χ4v) is 4.19. The lowest BCUT2D eigenvalue weighted by Crippen LogP contribution is -2.37. The third-order valence-electron chi connectivity index (χ3n) is 5.45. The van der Waals surface area contributed by atoms with Crippen LogP contribution in [0.2, 0.25) is 5.02 Å². The average molecular weight is 421 g/mol. The van der Waals surface area contributed by atoms with Crippen LogP contribution in [0.3, 0.4) is 0 Å². The lowest BCUT2D eigenvalue weighted by Gasteiger charge is -2.28. The van der Waals surface area contributed by atoms with Crippen molar-refractivity contribution in [2.24, 2.45) is 5.92 Å². The summed E-state index contributed by atoms with van der Waals surface area (Å²) in [6, 6.07) is 22.0. The van der Waals surface area contributed by atoms with Gasteiger partial charge in [-0.05, 0) is 54.1 Å². The molecule has 0 aliphatic carbocycles. The lowest BCUT2D eigenvalue weighted by atomic mass is 9.90. The van der Waals surface area contributed by atoms with Crippen LogP contribution in [0, 0.1) is 5.92 Å². The average Bonchev–Trinajstić information content (AvgIpc) is 3.27. The van der Waals surface area contributed by atoms with Gasteiger partial charge >= 0.3 is 0 Å². The number of hydrogen-bond acceptors (Lipinski definition) is 5. The zero-order valence-electron chi connectivity index (χ0n) is 15.7. The molecule has 2 heterocycles. The minimum absolute atomic E-state index is 0.122. The van der Waals surface area contributed by atoms with Crippen molar-refractivity contribution in [3.05, 3.63) is 89.4 Å². The monoisotopic (exact) mass is 420 g/mol. The number of hydroxylamine groups is 1. The first-order chi connectivity index (χ1) is 14.5. The van der Waals surface area contributed by atoms with E-state index >= 15 is 0 Å². The number of carbonyl (C=O) groups excluding carboxylic acids is 2. The fraction of sp³-hybridized carbons (Fsp3) is 0.130. The van der Waals surface area contributed by atoms with Crippen molar-refractivity contribution in [2.75, 3.05) is 9.96 Å². The molecule has 150 valence electrons. The highest BCUT2D eigenvalue weighted by Crippen LogP contribution is 2.47. The standard InChI is InChI=1S/C23H17ClN2O4/c24-15-8-10-16(11-9-15)25-22(28)19-20(14-6-12-18(27)13-7-14)26(30-21(19)23(25)29)17-4-2-1-3-5-17/h1-13,19-21,27H/t19-,20+,21-/m1/s1. The molecule has 5 rings (SSSR count). The number of phenols is 1. The van der Waals surface area contributed by atoms with Crippen molar-refractivity contribution < 1.29 is 19.5 Å². The molecule has 7 heteroatoms. The van der Waals surface area contributed by atoms with Gasteiger partial charge in [0.05, 0.1) is 17.4 Å². The Balaban J connectivity index is 1.58. The summed E-state index contributed by atoms with van der Waals surface area (Å²) < 4.78 is 0. The molecule has 6 nitrogen and oxygen atoms in total. The number of halogens is 1. The molecule has 2 saturated heterocycles. The number of carbonyl (C=O) groups is 2. The Kier molecular flexibility index (Phi) is 4.46. The smallest absolute Gasteiger partial charge is 0.266 e. The summed E-state index contributed by atoms with van der Waals surface area (Å²) >= 11 is 5.95. The van der Waals surface area contributed by atoms with Gasteiger partial charge in [-0.2, -0.15) is 0 Å². The van der Waals surface area contributed by atoms with Gasteiger partial charge in [0.15, 0.2) is 6.10 Å². The second-order valence-electron chi connectivity index (χ2n) is 7.24. The number of nitrogens with zero attached hydrogens (tertiary/aromatic N) is 2. The van der Waals surface area contributed by atoms with Gasteiger partial charge in [-0.15, -0.1) is 0 Å². The van der Waals surface area contributed by atoms with Crippen LogP contribution in [0.1, 0.15) is 11.6 Å². The van der Waals surface area contributed by atoms with Gasteiger partial charge in [0.1, 0.15) is 11.7 Å². The van der Waals surface area contributed by atoms with Gasteiger partial charge in [-0.25, -0.2) is 9.96 Å². The summed E-state index contributed by atoms with van der Waals surface area (Å²) in [5, 5.41) is 11.8. The highest BCUT2D eigenvalue weighted by molar-refractivity contribution is 6.31. The molecule has 0 unspecified atom stereocenters. The molecule has 3 atom stereocenters. The van der Waals surface area contributed by atoms with E-state index in [2.05, 4.69) is 0 Å². The van der Waals surface area contributed by atoms with Crippen molar-refractivity contribution in [2.45, 2.75) is 12.1 Å². The summed E-state index contributed by atoms with van der Waals surface area (Å²) in [4.78, 5) is 33.8. The van der Waals surface area contributed by atoms with E-state index in [0.717, 1.165) is 11.3 Å². The van der Waals surface area contributed by atoms with Crippen molar-refractivity contribution >= 4 is 34.8 Å². The van der Waals surface area contributed by atoms with Gasteiger partial charge in [0, 0.05) is 5.02 Å². The zero-order chi connectivity index (χ0) is 20.8. The summed E-state index contributed by atoms with van der Waals surface area (Å²) in [6.07, 6.45) is -0.938. The predicted octanol–water partition coefficient (Wildman–Crippen LogP) is 4.10. The molecule has 3 aromatic rings. The SMILES string of the molecule is O=C1[C@H]2[C@@H](ON(c3ccccc3)[C@H]2c2ccc(O)cc2)C(=O)N1c1ccc(Cl)cc1. The number of aromatic hydroxyl groups is 1. The van der Waals surface area contributed by atoms with Crippen LogP contribution in [0.15, 0.2) is 78.9 Å². The largest absolute Gasteiger partial charge is 0.508 e. The molecule has 2 aliphatic heterocycles. The van der Waals surface area contributed by atoms with Crippen LogP contribution in [-0.4, -0.2) is 23.0 Å². The van der Waals surface area contributed by atoms with Crippen LogP contribution in [0.5, 0.6) is 5.75 Å². The Bertz CT molecular complexity index is 1100. The lowest BCUT2D eigenvalue weighted by molar-refractivity contribution is -0.126. The number of anilines is 2. The van der Waals surface area contributed by atoms with Crippen LogP contribution < -0.4 is 9.96 Å². The summed E-state index contributed by atoms with van der Waals surface area (Å²) in [5.41, 5.74) is 1.97. The molecule has 2 aliphatic rings. The van der Waals surface area contributed by atoms with Gasteiger partial charge in [-0.3, -0.25) is 14.4 Å². The molecule has 0 aromatic heterocycles. The third-order valence-corrected chi connectivity index (χ3v) is 5.70. The number of para-hydroxylation sites is 1. The molecule has 0 radical (unpaired) electrons. The first kappa shape index (κ1) is 18.7. The van der Waals surface area contributed by atoms with E-state index in [-0.39, 0.29) is 11.7 Å². The molecule has 2 fully saturated rings. The quantitative estimate of drug-likeness (QED) is 0.646. The van der Waals surface area contributed by atoms with Crippen LogP contribution in [0.4, 0.5) is 11.4 Å². The summed E-state index contributed by atoms with van der Waals surface area (Å²) in [5.74, 6) is -1.34. The predicted molar refractivity (Wildman–Crippen MR) is 112 cm³/mol. The maximum absolute atomic E-state index is 13.4. The van der Waals surface area contributed by atoms with Crippen molar-refractivity contribution in [1.29, 1.82) is 0 Å². The molecule has 30 heavy (non-hydrogen) atoms. The van der Waals surface area contributed by atoms with Crippen molar-refractivity contribution in [1.82, 2.24) is 0 Å². The molecule has 0 saturated carbocycles. The minimum Gasteiger partial charge on any atom is -0.508 e. The number of imide groups is 1. The van der Waals surface area contributed by atoms with E-state index in [4.69, 9.17) is 16.4 Å². The van der Waals surface area contributed by atoms with Gasteiger partial charge < -0.3 is 5.11 Å². The Hall–Kier alpha value is -3.35. The molecule has 0 spiro atoms. The number of fused-ring (bicyclic) bond motifs is 1. The van der Waals surface area contributed by atoms with Crippen molar-refractivity contribution in [3.8, 4) is 5.75 Å². The van der Waals surface area contributed by atoms with Crippen molar-refractivity contribution in [3.63, 3.8) is 0 Å². The van der Waals surface area contributed by atoms with Crippen LogP contribution in [-0.2, 0) is 14.4 Å². The Morgan fingerprint density at radius 2 is 1.47 bits per heavy atom. The number of amides is 2. The molecule has 1 N–H and O–H groups in total. The van der Waals surface area contributed by atoms with E-state index in [1.807, 2.05) is 30.3 Å². The zero-order valence-corrected chi connectivity index (χ0v) is 16.4. The number of hydrogen-bond donors (Lipinski definition) is 1. The van der Waals surface area contributed by atoms with E-state index in [1.54, 1.807) is 53.6 Å². The normalized spacial score (nSPS) is 23.2. The number of rotatable bonds is 3. The molecule has 2 amide bonds. The Morgan fingerprint density at radius 3 is 2.13 bits per heavy atom. The van der Waals surface area contributed by atoms with Crippen LogP contribution in [0.25, 0.3) is 0 Å². The van der Waals surface area contributed by atoms with Gasteiger partial charge in [0.2, 0.25) is 5.91 Å². The van der Waals surface area contributed by atoms with Crippen LogP contribution >= 0.6 is 11.6 Å². The van der Waals surface area contributed by atoms with E-state index < -0.39 is 24.0 Å². The minimum atomic E-state index is -0.938. The maximum Gasteiger partial charge on any atom is 0.266 e. The maximum atomic E-state index is 13.4. The van der Waals surface area contributed by atoms with Gasteiger partial charge in [-0.1, -0.05) is 41.9 Å². The molecule has 3 aromatic carbocycles. The second-order valence-corrected chi connectivity index (χ2v) is 7.67. The van der Waals surface area contributed by atoms with E-state index in [1.165, 1.54) is 4.90 Å². The molecule has 0 bridgehead atoms. The van der Waals surface area contributed by atoms with E-state index in [9.17, 15) is 14.7 Å². The highest BCUT2D eigenvalue weighted by atomic mass is 35.5. The second kappa shape index (κ2) is 7.16. The first-order valence-corrected chi connectivity index (χ1v) is 9.86. The fourth-order valence-electron chi connectivity index (χ4n) is 4.07. The Morgan fingerprint density at radius 1 is 0.800 bits per heavy atom. The number of benzene rings is 3. The van der Waals surface area contributed by atoms with Gasteiger partial charge in [0.25, 0.3) is 5.91 Å². The summed E-state index contributed by atoms with van der Waals surface area (Å²) in [7, 11) is 0. The highest BCUT2D eigenvalue weighted by Gasteiger charge is 2.60. The Labute approximate surface area is 177 Å². The van der Waals surface area contributed by atoms with E-state index in [0.29, 0.717) is 10.7 Å². The third kappa shape index (κ3) is 2.93. The summed E-state index contributed by atoms with van der Waals surface area (Å²) in [6.45, 7) is 0. The first-order valence-electron chi connectivity index (χ1n) is 9.48.